The fourth-order valence-corrected chi connectivity index (χ4v) is 6.22. The van der Waals surface area contributed by atoms with Gasteiger partial charge < -0.3 is 4.90 Å². The van der Waals surface area contributed by atoms with Crippen LogP contribution in [0.1, 0.15) is 17.7 Å². The molecule has 4 rings (SSSR count). The number of piperidine rings is 1. The Balaban J connectivity index is 1.35. The van der Waals surface area contributed by atoms with E-state index in [1.807, 2.05) is 24.3 Å². The highest BCUT2D eigenvalue weighted by Gasteiger charge is 2.26. The summed E-state index contributed by atoms with van der Waals surface area (Å²) in [4.78, 5) is 15.4. The Hall–Kier alpha value is -2.19. The van der Waals surface area contributed by atoms with Gasteiger partial charge in [0.25, 0.3) is 0 Å². The van der Waals surface area contributed by atoms with Crippen LogP contribution in [0.2, 0.25) is 5.02 Å². The van der Waals surface area contributed by atoms with Crippen molar-refractivity contribution >= 4 is 55.0 Å². The molecule has 1 aliphatic rings. The zero-order chi connectivity index (χ0) is 21.1. The van der Waals surface area contributed by atoms with Gasteiger partial charge in [0.05, 0.1) is 9.92 Å². The van der Waals surface area contributed by atoms with E-state index < -0.39 is 10.0 Å². The van der Waals surface area contributed by atoms with Crippen LogP contribution in [0, 0.1) is 0 Å². The quantitative estimate of drug-likeness (QED) is 0.568. The number of fused-ring (bicyclic) bond motifs is 1. The van der Waals surface area contributed by atoms with Gasteiger partial charge in [0.15, 0.2) is 0 Å². The second kappa shape index (κ2) is 8.89. The molecule has 5 nitrogen and oxygen atoms in total. The van der Waals surface area contributed by atoms with Crippen molar-refractivity contribution in [3.05, 3.63) is 70.6 Å². The van der Waals surface area contributed by atoms with Gasteiger partial charge in [0.2, 0.25) is 15.9 Å². The van der Waals surface area contributed by atoms with Gasteiger partial charge in [-0.15, -0.1) is 11.3 Å². The van der Waals surface area contributed by atoms with Crippen molar-refractivity contribution in [3.63, 3.8) is 0 Å². The van der Waals surface area contributed by atoms with E-state index in [-0.39, 0.29) is 16.8 Å². The molecule has 3 aromatic rings. The number of sulfonamides is 1. The minimum atomic E-state index is -3.54. The Morgan fingerprint density at radius 1 is 1.07 bits per heavy atom. The lowest BCUT2D eigenvalue weighted by Gasteiger charge is -2.31. The van der Waals surface area contributed by atoms with Crippen LogP contribution in [0.3, 0.4) is 0 Å². The third-order valence-corrected chi connectivity index (χ3v) is 8.31. The molecule has 0 unspecified atom stereocenters. The van der Waals surface area contributed by atoms with Crippen LogP contribution < -0.4 is 4.72 Å². The highest BCUT2D eigenvalue weighted by molar-refractivity contribution is 7.89. The van der Waals surface area contributed by atoms with E-state index in [1.165, 1.54) is 0 Å². The molecule has 1 aromatic heterocycles. The van der Waals surface area contributed by atoms with Crippen LogP contribution in [0.25, 0.3) is 16.2 Å². The lowest BCUT2D eigenvalue weighted by Crippen LogP contribution is -2.46. The normalized spacial score (nSPS) is 15.8. The number of hydrogen-bond donors (Lipinski definition) is 1. The van der Waals surface area contributed by atoms with E-state index in [2.05, 4.69) is 4.72 Å². The van der Waals surface area contributed by atoms with Crippen LogP contribution in [-0.4, -0.2) is 38.4 Å². The fourth-order valence-electron chi connectivity index (χ4n) is 3.50. The van der Waals surface area contributed by atoms with Crippen LogP contribution >= 0.6 is 22.9 Å². The third-order valence-electron chi connectivity index (χ3n) is 5.12. The van der Waals surface area contributed by atoms with Crippen molar-refractivity contribution in [2.45, 2.75) is 23.8 Å². The molecule has 0 bridgehead atoms. The highest BCUT2D eigenvalue weighted by atomic mass is 35.5. The molecule has 2 heterocycles. The Labute approximate surface area is 185 Å². The van der Waals surface area contributed by atoms with Crippen molar-refractivity contribution in [1.82, 2.24) is 9.62 Å². The first-order valence-corrected chi connectivity index (χ1v) is 12.3. The molecular formula is C22H21ClN2O3S2. The number of nitrogens with zero attached hydrogens (tertiary/aromatic N) is 1. The van der Waals surface area contributed by atoms with E-state index in [9.17, 15) is 13.2 Å². The molecular weight excluding hydrogens is 440 g/mol. The van der Waals surface area contributed by atoms with Crippen LogP contribution in [0.15, 0.2) is 65.6 Å². The van der Waals surface area contributed by atoms with Gasteiger partial charge in [-0.2, -0.15) is 0 Å². The van der Waals surface area contributed by atoms with Crippen molar-refractivity contribution in [2.75, 3.05) is 13.1 Å². The molecule has 30 heavy (non-hydrogen) atoms. The summed E-state index contributed by atoms with van der Waals surface area (Å²) in [6.45, 7) is 1.01. The lowest BCUT2D eigenvalue weighted by atomic mass is 10.1. The van der Waals surface area contributed by atoms with E-state index in [0.717, 1.165) is 15.0 Å². The molecule has 0 atom stereocenters. The summed E-state index contributed by atoms with van der Waals surface area (Å²) < 4.78 is 28.8. The zero-order valence-electron chi connectivity index (χ0n) is 16.1. The van der Waals surface area contributed by atoms with Gasteiger partial charge in [-0.1, -0.05) is 48.0 Å². The number of nitrogens with one attached hydrogen (secondary N) is 1. The first-order valence-electron chi connectivity index (χ1n) is 9.65. The molecule has 0 spiro atoms. The second-order valence-electron chi connectivity index (χ2n) is 7.14. The average molecular weight is 461 g/mol. The monoisotopic (exact) mass is 460 g/mol. The lowest BCUT2D eigenvalue weighted by molar-refractivity contribution is -0.126. The molecule has 0 saturated carbocycles. The smallest absolute Gasteiger partial charge is 0.246 e. The number of hydrogen-bond acceptors (Lipinski definition) is 4. The summed E-state index contributed by atoms with van der Waals surface area (Å²) in [6, 6.07) is 16.0. The van der Waals surface area contributed by atoms with Crippen molar-refractivity contribution < 1.29 is 13.2 Å². The molecule has 1 N–H and O–H groups in total. The maximum absolute atomic E-state index is 12.6. The second-order valence-corrected chi connectivity index (χ2v) is 10.3. The van der Waals surface area contributed by atoms with Gasteiger partial charge in [-0.25, -0.2) is 13.1 Å². The average Bonchev–Trinajstić information content (AvgIpc) is 3.09. The maximum atomic E-state index is 12.6. The summed E-state index contributed by atoms with van der Waals surface area (Å²) in [5.74, 6) is -0.0899. The maximum Gasteiger partial charge on any atom is 0.246 e. The first kappa shape index (κ1) is 21.1. The van der Waals surface area contributed by atoms with Crippen molar-refractivity contribution in [2.24, 2.45) is 0 Å². The standard InChI is InChI=1S/C22H21ClN2O3S2/c23-22-18-8-4-5-9-19(18)29-20(22)10-11-21(26)25-14-12-16(13-15-25)24-30(27,28)17-6-2-1-3-7-17/h1-11,16,24H,12-15H2/b11-10+. The highest BCUT2D eigenvalue weighted by Crippen LogP contribution is 2.35. The predicted octanol–water partition coefficient (Wildman–Crippen LogP) is 4.54. The van der Waals surface area contributed by atoms with Gasteiger partial charge in [0, 0.05) is 40.2 Å². The molecule has 2 aromatic carbocycles. The SMILES string of the molecule is O=C(/C=C/c1sc2ccccc2c1Cl)N1CCC(NS(=O)(=O)c2ccccc2)CC1. The van der Waals surface area contributed by atoms with E-state index in [4.69, 9.17) is 11.6 Å². The molecule has 1 amide bonds. The van der Waals surface area contributed by atoms with Gasteiger partial charge in [-0.05, 0) is 37.1 Å². The Kier molecular flexibility index (Phi) is 6.24. The molecule has 0 aliphatic carbocycles. The van der Waals surface area contributed by atoms with Crippen LogP contribution in [0.5, 0.6) is 0 Å². The number of carbonyl (C=O) groups excluding carboxylic acids is 1. The topological polar surface area (TPSA) is 66.5 Å². The minimum Gasteiger partial charge on any atom is -0.339 e. The van der Waals surface area contributed by atoms with Gasteiger partial charge >= 0.3 is 0 Å². The van der Waals surface area contributed by atoms with Gasteiger partial charge in [0.1, 0.15) is 0 Å². The van der Waals surface area contributed by atoms with Crippen molar-refractivity contribution in [3.8, 4) is 0 Å². The Morgan fingerprint density at radius 2 is 1.73 bits per heavy atom. The molecule has 1 fully saturated rings. The summed E-state index contributed by atoms with van der Waals surface area (Å²) in [5.41, 5.74) is 0. The third kappa shape index (κ3) is 4.59. The zero-order valence-corrected chi connectivity index (χ0v) is 18.5. The number of carbonyl (C=O) groups is 1. The summed E-state index contributed by atoms with van der Waals surface area (Å²) in [7, 11) is -3.54. The largest absolute Gasteiger partial charge is 0.339 e. The molecule has 8 heteroatoms. The summed E-state index contributed by atoms with van der Waals surface area (Å²) in [5, 5.41) is 1.65. The fraction of sp³-hybridized carbons (Fsp3) is 0.227. The minimum absolute atomic E-state index is 0.0899. The number of rotatable bonds is 5. The predicted molar refractivity (Wildman–Crippen MR) is 122 cm³/mol. The number of benzene rings is 2. The number of likely N-dealkylation sites (tertiary alicyclic amines) is 1. The molecule has 1 saturated heterocycles. The Bertz CT molecular complexity index is 1180. The summed E-state index contributed by atoms with van der Waals surface area (Å²) >= 11 is 7.98. The van der Waals surface area contributed by atoms with E-state index in [1.54, 1.807) is 58.7 Å². The number of amides is 1. The number of halogens is 1. The van der Waals surface area contributed by atoms with E-state index in [0.29, 0.717) is 31.0 Å². The number of thiophene rings is 1. The Morgan fingerprint density at radius 3 is 2.43 bits per heavy atom. The van der Waals surface area contributed by atoms with E-state index >= 15 is 0 Å². The van der Waals surface area contributed by atoms with Gasteiger partial charge in [-0.3, -0.25) is 4.79 Å². The first-order chi connectivity index (χ1) is 14.4. The molecule has 0 radical (unpaired) electrons. The van der Waals surface area contributed by atoms with Crippen LogP contribution in [0.4, 0.5) is 0 Å². The molecule has 1 aliphatic heterocycles. The van der Waals surface area contributed by atoms with Crippen molar-refractivity contribution in [1.29, 1.82) is 0 Å². The molecule has 156 valence electrons. The van der Waals surface area contributed by atoms with Crippen LogP contribution in [-0.2, 0) is 14.8 Å². The summed E-state index contributed by atoms with van der Waals surface area (Å²) in [6.07, 6.45) is 4.47.